The molecule has 4 heteroatoms. The summed E-state index contributed by atoms with van der Waals surface area (Å²) >= 11 is 0. The van der Waals surface area contributed by atoms with Gasteiger partial charge < -0.3 is 18.9 Å². The van der Waals surface area contributed by atoms with E-state index in [-0.39, 0.29) is 12.6 Å². The highest BCUT2D eigenvalue weighted by atomic mass is 16.7. The smallest absolute Gasteiger partial charge is 0.157 e. The van der Waals surface area contributed by atoms with Gasteiger partial charge in [-0.2, -0.15) is 0 Å². The molecule has 2 fully saturated rings. The molecule has 0 saturated carbocycles. The van der Waals surface area contributed by atoms with Crippen LogP contribution in [0.15, 0.2) is 12.2 Å². The molecule has 0 unspecified atom stereocenters. The molecule has 0 amide bonds. The van der Waals surface area contributed by atoms with Gasteiger partial charge in [-0.1, -0.05) is 32.4 Å². The molecule has 0 bridgehead atoms. The highest BCUT2D eigenvalue weighted by Gasteiger charge is 2.25. The number of hydrogen-bond donors (Lipinski definition) is 0. The Labute approximate surface area is 128 Å². The van der Waals surface area contributed by atoms with Gasteiger partial charge in [-0.15, -0.1) is 0 Å². The lowest BCUT2D eigenvalue weighted by Gasteiger charge is -2.32. The summed E-state index contributed by atoms with van der Waals surface area (Å²) in [4.78, 5) is 0. The van der Waals surface area contributed by atoms with Crippen LogP contribution in [0.25, 0.3) is 0 Å². The molecule has 2 heterocycles. The summed E-state index contributed by atoms with van der Waals surface area (Å²) in [5.41, 5.74) is 0. The van der Waals surface area contributed by atoms with Crippen molar-refractivity contribution in [1.82, 2.24) is 0 Å². The van der Waals surface area contributed by atoms with Gasteiger partial charge >= 0.3 is 0 Å². The van der Waals surface area contributed by atoms with Crippen molar-refractivity contribution in [2.45, 2.75) is 58.5 Å². The second-order valence-corrected chi connectivity index (χ2v) is 6.02. The third kappa shape index (κ3) is 6.07. The van der Waals surface area contributed by atoms with Crippen molar-refractivity contribution in [2.24, 2.45) is 11.8 Å². The molecule has 2 aliphatic heterocycles. The predicted octanol–water partition coefficient (Wildman–Crippen LogP) is 3.51. The zero-order valence-corrected chi connectivity index (χ0v) is 13.5. The molecule has 0 atom stereocenters. The second kappa shape index (κ2) is 9.57. The molecule has 0 aromatic carbocycles. The molecule has 122 valence electrons. The summed E-state index contributed by atoms with van der Waals surface area (Å²) in [5, 5.41) is 0. The standard InChI is InChI=1S/C17H30O4/c1-3-5-7-14-10-20-17(21-11-14)9-8-15-12-18-16(6-4-2)19-13-15/h5,7,14-17H,3-4,6,8-13H2,1-2H3/t14-,15-,16-,17-. The highest BCUT2D eigenvalue weighted by Crippen LogP contribution is 2.22. The number of hydrogen-bond acceptors (Lipinski definition) is 4. The van der Waals surface area contributed by atoms with Crippen molar-refractivity contribution < 1.29 is 18.9 Å². The fourth-order valence-electron chi connectivity index (χ4n) is 2.69. The first-order chi connectivity index (χ1) is 10.3. The monoisotopic (exact) mass is 298 g/mol. The van der Waals surface area contributed by atoms with Crippen LogP contribution in [-0.2, 0) is 18.9 Å². The third-order valence-electron chi connectivity index (χ3n) is 4.01. The molecular weight excluding hydrogens is 268 g/mol. The number of ether oxygens (including phenoxy) is 4. The fourth-order valence-corrected chi connectivity index (χ4v) is 2.69. The summed E-state index contributed by atoms with van der Waals surface area (Å²) in [6.45, 7) is 7.45. The molecular formula is C17H30O4. The predicted molar refractivity (Wildman–Crippen MR) is 81.9 cm³/mol. The van der Waals surface area contributed by atoms with Crippen molar-refractivity contribution >= 4 is 0 Å². The van der Waals surface area contributed by atoms with Gasteiger partial charge in [0, 0.05) is 11.8 Å². The van der Waals surface area contributed by atoms with E-state index in [1.165, 1.54) is 0 Å². The van der Waals surface area contributed by atoms with Crippen LogP contribution in [0.1, 0.15) is 46.0 Å². The lowest BCUT2D eigenvalue weighted by Crippen LogP contribution is -2.34. The molecule has 0 aliphatic carbocycles. The van der Waals surface area contributed by atoms with Crippen LogP contribution in [0.2, 0.25) is 0 Å². The largest absolute Gasteiger partial charge is 0.352 e. The Bertz CT molecular complexity index is 289. The Kier molecular flexibility index (Phi) is 7.72. The second-order valence-electron chi connectivity index (χ2n) is 6.02. The van der Waals surface area contributed by atoms with Crippen molar-refractivity contribution in [3.05, 3.63) is 12.2 Å². The maximum Gasteiger partial charge on any atom is 0.157 e. The van der Waals surface area contributed by atoms with E-state index in [1.54, 1.807) is 0 Å². The van der Waals surface area contributed by atoms with Crippen molar-refractivity contribution in [3.63, 3.8) is 0 Å². The van der Waals surface area contributed by atoms with Gasteiger partial charge in [-0.25, -0.2) is 0 Å². The van der Waals surface area contributed by atoms with Crippen LogP contribution in [0.3, 0.4) is 0 Å². The number of allylic oxidation sites excluding steroid dienone is 1. The number of rotatable bonds is 7. The van der Waals surface area contributed by atoms with E-state index in [0.29, 0.717) is 11.8 Å². The summed E-state index contributed by atoms with van der Waals surface area (Å²) in [6, 6.07) is 0. The minimum atomic E-state index is -0.0513. The van der Waals surface area contributed by atoms with E-state index in [9.17, 15) is 0 Å². The van der Waals surface area contributed by atoms with Gasteiger partial charge in [0.15, 0.2) is 12.6 Å². The topological polar surface area (TPSA) is 36.9 Å². The van der Waals surface area contributed by atoms with Gasteiger partial charge in [-0.05, 0) is 25.7 Å². The van der Waals surface area contributed by atoms with Gasteiger partial charge in [0.05, 0.1) is 26.4 Å². The van der Waals surface area contributed by atoms with Gasteiger partial charge in [0.25, 0.3) is 0 Å². The Hall–Kier alpha value is -0.420. The molecule has 0 spiro atoms. The Morgan fingerprint density at radius 3 is 2.05 bits per heavy atom. The molecule has 21 heavy (non-hydrogen) atoms. The van der Waals surface area contributed by atoms with Gasteiger partial charge in [0.2, 0.25) is 0 Å². The Morgan fingerprint density at radius 1 is 0.810 bits per heavy atom. The van der Waals surface area contributed by atoms with E-state index < -0.39 is 0 Å². The van der Waals surface area contributed by atoms with Crippen molar-refractivity contribution in [3.8, 4) is 0 Å². The minimum absolute atomic E-state index is 0.0135. The molecule has 0 aromatic rings. The van der Waals surface area contributed by atoms with Crippen LogP contribution in [0.4, 0.5) is 0 Å². The normalized spacial score (nSPS) is 34.4. The molecule has 2 aliphatic rings. The Balaban J connectivity index is 1.57. The zero-order chi connectivity index (χ0) is 14.9. The summed E-state index contributed by atoms with van der Waals surface area (Å²) < 4.78 is 23.0. The maximum atomic E-state index is 5.78. The molecule has 0 radical (unpaired) electrons. The Morgan fingerprint density at radius 2 is 1.43 bits per heavy atom. The van der Waals surface area contributed by atoms with E-state index in [0.717, 1.165) is 58.5 Å². The van der Waals surface area contributed by atoms with E-state index in [2.05, 4.69) is 26.0 Å². The SMILES string of the molecule is CCC=C[C@H]1CO[C@H](CC[C@H]2CO[C@H](CCC)OC2)OC1. The maximum absolute atomic E-state index is 5.78. The third-order valence-corrected chi connectivity index (χ3v) is 4.01. The average Bonchev–Trinajstić information content (AvgIpc) is 2.53. The van der Waals surface area contributed by atoms with Crippen molar-refractivity contribution in [1.29, 1.82) is 0 Å². The molecule has 2 saturated heterocycles. The molecule has 0 N–H and O–H groups in total. The fraction of sp³-hybridized carbons (Fsp3) is 0.882. The van der Waals surface area contributed by atoms with Gasteiger partial charge in [-0.3, -0.25) is 0 Å². The van der Waals surface area contributed by atoms with Crippen LogP contribution >= 0.6 is 0 Å². The lowest BCUT2D eigenvalue weighted by molar-refractivity contribution is -0.215. The van der Waals surface area contributed by atoms with Crippen LogP contribution in [0, 0.1) is 11.8 Å². The van der Waals surface area contributed by atoms with E-state index >= 15 is 0 Å². The van der Waals surface area contributed by atoms with Crippen LogP contribution in [0.5, 0.6) is 0 Å². The highest BCUT2D eigenvalue weighted by molar-refractivity contribution is 4.88. The zero-order valence-electron chi connectivity index (χ0n) is 13.5. The summed E-state index contributed by atoms with van der Waals surface area (Å²) in [7, 11) is 0. The first kappa shape index (κ1) is 16.9. The summed E-state index contributed by atoms with van der Waals surface area (Å²) in [6.07, 6.45) is 9.48. The average molecular weight is 298 g/mol. The van der Waals surface area contributed by atoms with Gasteiger partial charge in [0.1, 0.15) is 0 Å². The first-order valence-corrected chi connectivity index (χ1v) is 8.44. The first-order valence-electron chi connectivity index (χ1n) is 8.44. The van der Waals surface area contributed by atoms with Crippen molar-refractivity contribution in [2.75, 3.05) is 26.4 Å². The van der Waals surface area contributed by atoms with E-state index in [1.807, 2.05) is 0 Å². The lowest BCUT2D eigenvalue weighted by atomic mass is 10.0. The minimum Gasteiger partial charge on any atom is -0.352 e. The van der Waals surface area contributed by atoms with Crippen LogP contribution in [-0.4, -0.2) is 39.0 Å². The molecule has 2 rings (SSSR count). The molecule has 0 aromatic heterocycles. The molecule has 4 nitrogen and oxygen atoms in total. The quantitative estimate of drug-likeness (QED) is 0.674. The van der Waals surface area contributed by atoms with Crippen LogP contribution < -0.4 is 0 Å². The van der Waals surface area contributed by atoms with E-state index in [4.69, 9.17) is 18.9 Å². The summed E-state index contributed by atoms with van der Waals surface area (Å²) in [5.74, 6) is 0.889.